The van der Waals surface area contributed by atoms with E-state index in [0.29, 0.717) is 18.2 Å². The molecule has 1 aromatic heterocycles. The number of para-hydroxylation sites is 1. The van der Waals surface area contributed by atoms with E-state index in [4.69, 9.17) is 14.0 Å². The molecular weight excluding hydrogens is 322 g/mol. The monoisotopic (exact) mass is 339 g/mol. The number of carbonyl (C=O) groups excluding carboxylic acids is 1. The summed E-state index contributed by atoms with van der Waals surface area (Å²) >= 11 is 0. The molecule has 0 fully saturated rings. The molecule has 3 rings (SSSR count). The molecule has 1 N–H and O–H groups in total. The van der Waals surface area contributed by atoms with Gasteiger partial charge in [0.05, 0.1) is 6.61 Å². The molecule has 0 radical (unpaired) electrons. The Morgan fingerprint density at radius 1 is 1.04 bits per heavy atom. The average Bonchev–Trinajstić information content (AvgIpc) is 3.10. The summed E-state index contributed by atoms with van der Waals surface area (Å²) in [6, 6.07) is 16.3. The van der Waals surface area contributed by atoms with E-state index < -0.39 is 0 Å². The van der Waals surface area contributed by atoms with Gasteiger partial charge in [0.2, 0.25) is 0 Å². The fourth-order valence-electron chi connectivity index (χ4n) is 2.08. The minimum absolute atomic E-state index is 0.0885. The molecule has 7 nitrogen and oxygen atoms in total. The van der Waals surface area contributed by atoms with E-state index in [9.17, 15) is 4.79 Å². The summed E-state index contributed by atoms with van der Waals surface area (Å²) in [5, 5.41) is 6.27. The number of hydrogen-bond donors (Lipinski definition) is 1. The lowest BCUT2D eigenvalue weighted by molar-refractivity contribution is -0.118. The smallest absolute Gasteiger partial charge is 0.270 e. The normalized spacial score (nSPS) is 10.3. The first-order chi connectivity index (χ1) is 12.2. The van der Waals surface area contributed by atoms with Crippen LogP contribution in [0.25, 0.3) is 11.5 Å². The molecule has 0 bridgehead atoms. The minimum Gasteiger partial charge on any atom is -0.494 e. The Morgan fingerprint density at radius 2 is 1.76 bits per heavy atom. The van der Waals surface area contributed by atoms with Crippen LogP contribution in [-0.2, 0) is 4.79 Å². The van der Waals surface area contributed by atoms with E-state index in [1.165, 1.54) is 0 Å². The fraction of sp³-hybridized carbons (Fsp3) is 0.167. The Labute approximate surface area is 144 Å². The van der Waals surface area contributed by atoms with Gasteiger partial charge in [0.15, 0.2) is 6.61 Å². The van der Waals surface area contributed by atoms with Crippen LogP contribution in [0.3, 0.4) is 0 Å². The summed E-state index contributed by atoms with van der Waals surface area (Å²) in [7, 11) is 0. The second kappa shape index (κ2) is 7.96. The topological polar surface area (TPSA) is 86.5 Å². The Morgan fingerprint density at radius 3 is 2.48 bits per heavy atom. The molecule has 0 atom stereocenters. The van der Waals surface area contributed by atoms with Gasteiger partial charge in [-0.2, -0.15) is 4.98 Å². The number of nitrogens with one attached hydrogen (secondary N) is 1. The van der Waals surface area contributed by atoms with Crippen molar-refractivity contribution < 1.29 is 18.8 Å². The van der Waals surface area contributed by atoms with E-state index in [1.807, 2.05) is 49.4 Å². The second-order valence-electron chi connectivity index (χ2n) is 5.03. The largest absolute Gasteiger partial charge is 0.494 e. The van der Waals surface area contributed by atoms with Gasteiger partial charge in [-0.3, -0.25) is 10.1 Å². The lowest BCUT2D eigenvalue weighted by Gasteiger charge is -2.04. The van der Waals surface area contributed by atoms with Crippen molar-refractivity contribution in [3.05, 3.63) is 54.6 Å². The summed E-state index contributed by atoms with van der Waals surface area (Å²) in [5.41, 5.74) is 0.733. The maximum Gasteiger partial charge on any atom is 0.270 e. The molecule has 0 saturated heterocycles. The van der Waals surface area contributed by atoms with Crippen LogP contribution >= 0.6 is 0 Å². The maximum atomic E-state index is 11.9. The van der Waals surface area contributed by atoms with Crippen LogP contribution in [-0.4, -0.2) is 29.3 Å². The van der Waals surface area contributed by atoms with Gasteiger partial charge < -0.3 is 14.0 Å². The second-order valence-corrected chi connectivity index (χ2v) is 5.03. The summed E-state index contributed by atoms with van der Waals surface area (Å²) in [4.78, 5) is 16.0. The highest BCUT2D eigenvalue weighted by molar-refractivity contribution is 5.90. The summed E-state index contributed by atoms with van der Waals surface area (Å²) in [6.07, 6.45) is 0. The van der Waals surface area contributed by atoms with Crippen molar-refractivity contribution in [1.29, 1.82) is 0 Å². The Bertz CT molecular complexity index is 816. The zero-order valence-corrected chi connectivity index (χ0v) is 13.6. The van der Waals surface area contributed by atoms with Gasteiger partial charge in [-0.05, 0) is 48.5 Å². The maximum absolute atomic E-state index is 11.9. The molecule has 0 saturated carbocycles. The molecule has 0 unspecified atom stereocenters. The van der Waals surface area contributed by atoms with Crippen molar-refractivity contribution in [3.63, 3.8) is 0 Å². The lowest BCUT2D eigenvalue weighted by Crippen LogP contribution is -2.20. The highest BCUT2D eigenvalue weighted by Gasteiger charge is 2.12. The van der Waals surface area contributed by atoms with E-state index in [-0.39, 0.29) is 18.5 Å². The third-order valence-electron chi connectivity index (χ3n) is 3.20. The van der Waals surface area contributed by atoms with Gasteiger partial charge in [0, 0.05) is 5.56 Å². The number of carbonyl (C=O) groups is 1. The van der Waals surface area contributed by atoms with Crippen LogP contribution < -0.4 is 14.8 Å². The molecule has 25 heavy (non-hydrogen) atoms. The highest BCUT2D eigenvalue weighted by Crippen LogP contribution is 2.21. The summed E-state index contributed by atoms with van der Waals surface area (Å²) < 4.78 is 15.9. The van der Waals surface area contributed by atoms with Gasteiger partial charge in [-0.25, -0.2) is 0 Å². The minimum atomic E-state index is -0.372. The molecule has 7 heteroatoms. The Kier molecular flexibility index (Phi) is 5.26. The van der Waals surface area contributed by atoms with E-state index in [2.05, 4.69) is 15.5 Å². The van der Waals surface area contributed by atoms with E-state index in [0.717, 1.165) is 11.3 Å². The predicted molar refractivity (Wildman–Crippen MR) is 91.5 cm³/mol. The number of benzene rings is 2. The standard InChI is InChI=1S/C18H17N3O4/c1-2-23-15-10-8-13(9-11-15)17-20-18(21-25-17)19-16(22)12-24-14-6-4-3-5-7-14/h3-11H,2,12H2,1H3,(H,19,21,22). The molecule has 1 heterocycles. The van der Waals surface area contributed by atoms with Crippen molar-refractivity contribution in [1.82, 2.24) is 10.1 Å². The van der Waals surface area contributed by atoms with Crippen LogP contribution in [0.5, 0.6) is 11.5 Å². The van der Waals surface area contributed by atoms with Crippen LogP contribution in [0.1, 0.15) is 6.92 Å². The zero-order chi connectivity index (χ0) is 17.5. The van der Waals surface area contributed by atoms with Crippen molar-refractivity contribution in [3.8, 4) is 23.0 Å². The third kappa shape index (κ3) is 4.57. The van der Waals surface area contributed by atoms with Crippen LogP contribution in [0.2, 0.25) is 0 Å². The SMILES string of the molecule is CCOc1ccc(-c2nc(NC(=O)COc3ccccc3)no2)cc1. The van der Waals surface area contributed by atoms with Crippen molar-refractivity contribution in [2.45, 2.75) is 6.92 Å². The number of hydrogen-bond acceptors (Lipinski definition) is 6. The average molecular weight is 339 g/mol. The fourth-order valence-corrected chi connectivity index (χ4v) is 2.08. The molecule has 0 aliphatic rings. The zero-order valence-electron chi connectivity index (χ0n) is 13.6. The number of nitrogens with zero attached hydrogens (tertiary/aromatic N) is 2. The van der Waals surface area contributed by atoms with Crippen LogP contribution in [0, 0.1) is 0 Å². The highest BCUT2D eigenvalue weighted by atomic mass is 16.5. The first kappa shape index (κ1) is 16.5. The van der Waals surface area contributed by atoms with Gasteiger partial charge in [0.1, 0.15) is 11.5 Å². The van der Waals surface area contributed by atoms with Gasteiger partial charge in [0.25, 0.3) is 17.7 Å². The number of ether oxygens (including phenoxy) is 2. The molecule has 0 aliphatic carbocycles. The number of anilines is 1. The van der Waals surface area contributed by atoms with Crippen molar-refractivity contribution in [2.24, 2.45) is 0 Å². The Balaban J connectivity index is 1.56. The van der Waals surface area contributed by atoms with Gasteiger partial charge in [-0.1, -0.05) is 18.2 Å². The first-order valence-corrected chi connectivity index (χ1v) is 7.79. The van der Waals surface area contributed by atoms with E-state index >= 15 is 0 Å². The van der Waals surface area contributed by atoms with Crippen molar-refractivity contribution >= 4 is 11.9 Å². The summed E-state index contributed by atoms with van der Waals surface area (Å²) in [5.74, 6) is 1.40. The first-order valence-electron chi connectivity index (χ1n) is 7.79. The molecule has 0 aliphatic heterocycles. The van der Waals surface area contributed by atoms with Crippen LogP contribution in [0.4, 0.5) is 5.95 Å². The van der Waals surface area contributed by atoms with Gasteiger partial charge >= 0.3 is 0 Å². The molecular formula is C18H17N3O4. The van der Waals surface area contributed by atoms with E-state index in [1.54, 1.807) is 12.1 Å². The molecule has 1 amide bonds. The molecule has 3 aromatic rings. The molecule has 2 aromatic carbocycles. The molecule has 128 valence electrons. The number of amides is 1. The number of rotatable bonds is 7. The summed E-state index contributed by atoms with van der Waals surface area (Å²) in [6.45, 7) is 2.38. The lowest BCUT2D eigenvalue weighted by atomic mass is 10.2. The van der Waals surface area contributed by atoms with Gasteiger partial charge in [-0.15, -0.1) is 0 Å². The predicted octanol–water partition coefficient (Wildman–Crippen LogP) is 3.15. The number of aromatic nitrogens is 2. The van der Waals surface area contributed by atoms with Crippen LogP contribution in [0.15, 0.2) is 59.1 Å². The molecule has 0 spiro atoms. The van der Waals surface area contributed by atoms with Crippen molar-refractivity contribution in [2.75, 3.05) is 18.5 Å². The third-order valence-corrected chi connectivity index (χ3v) is 3.20. The Hall–Kier alpha value is -3.35. The quantitative estimate of drug-likeness (QED) is 0.711.